The third-order valence-corrected chi connectivity index (χ3v) is 4.04. The zero-order valence-electron chi connectivity index (χ0n) is 8.32. The molecule has 1 N–H and O–H groups in total. The van der Waals surface area contributed by atoms with Gasteiger partial charge >= 0.3 is 5.97 Å². The monoisotopic (exact) mass is 221 g/mol. The Morgan fingerprint density at radius 3 is 2.64 bits per heavy atom. The summed E-state index contributed by atoms with van der Waals surface area (Å²) >= 11 is 0. The van der Waals surface area contributed by atoms with Gasteiger partial charge in [0, 0.05) is 6.04 Å². The fourth-order valence-corrected chi connectivity index (χ4v) is 3.21. The van der Waals surface area contributed by atoms with Crippen LogP contribution in [0, 0.1) is 0 Å². The van der Waals surface area contributed by atoms with E-state index in [4.69, 9.17) is 0 Å². The van der Waals surface area contributed by atoms with Crippen molar-refractivity contribution in [2.45, 2.75) is 25.4 Å². The van der Waals surface area contributed by atoms with Crippen LogP contribution in [0.25, 0.3) is 0 Å². The highest BCUT2D eigenvalue weighted by molar-refractivity contribution is 7.91. The van der Waals surface area contributed by atoms with E-state index in [0.717, 1.165) is 0 Å². The van der Waals surface area contributed by atoms with Gasteiger partial charge in [-0.3, -0.25) is 4.79 Å². The van der Waals surface area contributed by atoms with E-state index in [1.165, 1.54) is 7.11 Å². The second kappa shape index (κ2) is 4.27. The molecular weight excluding hydrogens is 206 g/mol. The minimum absolute atomic E-state index is 0.117. The second-order valence-electron chi connectivity index (χ2n) is 3.51. The molecule has 1 saturated heterocycles. The summed E-state index contributed by atoms with van der Waals surface area (Å²) in [6.45, 7) is 1.66. The fourth-order valence-electron chi connectivity index (χ4n) is 1.52. The van der Waals surface area contributed by atoms with Crippen molar-refractivity contribution < 1.29 is 17.9 Å². The normalized spacial score (nSPS) is 27.1. The van der Waals surface area contributed by atoms with E-state index < -0.39 is 15.9 Å². The smallest absolute Gasteiger partial charge is 0.322 e. The Balaban J connectivity index is 2.43. The van der Waals surface area contributed by atoms with Gasteiger partial charge < -0.3 is 10.1 Å². The standard InChI is InChI=1S/C8H15NO4S/c1-6(8(10)13-2)9-7-3-4-14(11,12)5-7/h6-7,9H,3-5H2,1-2H3/t6-,7+/m0/s1. The molecule has 14 heavy (non-hydrogen) atoms. The first-order valence-electron chi connectivity index (χ1n) is 4.49. The van der Waals surface area contributed by atoms with E-state index >= 15 is 0 Å². The van der Waals surface area contributed by atoms with Crippen molar-refractivity contribution in [3.05, 3.63) is 0 Å². The van der Waals surface area contributed by atoms with Gasteiger partial charge in [-0.25, -0.2) is 8.42 Å². The lowest BCUT2D eigenvalue weighted by Gasteiger charge is -2.15. The Labute approximate surface area is 83.7 Å². The molecular formula is C8H15NO4S. The molecule has 0 aromatic heterocycles. The molecule has 2 atom stereocenters. The predicted molar refractivity (Wildman–Crippen MR) is 51.7 cm³/mol. The number of methoxy groups -OCH3 is 1. The summed E-state index contributed by atoms with van der Waals surface area (Å²) in [5.41, 5.74) is 0. The first-order valence-corrected chi connectivity index (χ1v) is 6.31. The summed E-state index contributed by atoms with van der Waals surface area (Å²) in [5, 5.41) is 2.93. The van der Waals surface area contributed by atoms with Crippen molar-refractivity contribution in [2.24, 2.45) is 0 Å². The lowest BCUT2D eigenvalue weighted by atomic mass is 10.2. The van der Waals surface area contributed by atoms with Crippen molar-refractivity contribution in [1.82, 2.24) is 5.32 Å². The Kier molecular flexibility index (Phi) is 3.49. The third kappa shape index (κ3) is 2.95. The van der Waals surface area contributed by atoms with Gasteiger partial charge in [-0.15, -0.1) is 0 Å². The Morgan fingerprint density at radius 1 is 1.57 bits per heavy atom. The lowest BCUT2D eigenvalue weighted by Crippen LogP contribution is -2.42. The van der Waals surface area contributed by atoms with Crippen LogP contribution in [-0.4, -0.2) is 45.1 Å². The molecule has 0 aromatic carbocycles. The van der Waals surface area contributed by atoms with Gasteiger partial charge in [-0.2, -0.15) is 0 Å². The van der Waals surface area contributed by atoms with Crippen LogP contribution in [0.4, 0.5) is 0 Å². The van der Waals surface area contributed by atoms with E-state index in [0.29, 0.717) is 6.42 Å². The minimum atomic E-state index is -2.89. The van der Waals surface area contributed by atoms with Gasteiger partial charge in [0.2, 0.25) is 0 Å². The summed E-state index contributed by atoms with van der Waals surface area (Å²) in [7, 11) is -1.58. The molecule has 0 aromatic rings. The molecule has 1 fully saturated rings. The highest BCUT2D eigenvalue weighted by Gasteiger charge is 2.29. The zero-order chi connectivity index (χ0) is 10.8. The van der Waals surface area contributed by atoms with Crippen molar-refractivity contribution in [3.63, 3.8) is 0 Å². The number of hydrogen-bond donors (Lipinski definition) is 1. The van der Waals surface area contributed by atoms with E-state index in [9.17, 15) is 13.2 Å². The molecule has 0 aliphatic carbocycles. The Hall–Kier alpha value is -0.620. The quantitative estimate of drug-likeness (QED) is 0.640. The molecule has 0 radical (unpaired) electrons. The molecule has 1 aliphatic heterocycles. The molecule has 1 aliphatic rings. The first-order chi connectivity index (χ1) is 6.44. The van der Waals surface area contributed by atoms with Crippen LogP contribution in [0.1, 0.15) is 13.3 Å². The molecule has 1 rings (SSSR count). The van der Waals surface area contributed by atoms with Crippen LogP contribution in [0.2, 0.25) is 0 Å². The highest BCUT2D eigenvalue weighted by atomic mass is 32.2. The maximum Gasteiger partial charge on any atom is 0.322 e. The van der Waals surface area contributed by atoms with E-state index in [-0.39, 0.29) is 23.5 Å². The topological polar surface area (TPSA) is 72.5 Å². The average molecular weight is 221 g/mol. The molecule has 0 spiro atoms. The van der Waals surface area contributed by atoms with Crippen molar-refractivity contribution in [2.75, 3.05) is 18.6 Å². The Morgan fingerprint density at radius 2 is 2.21 bits per heavy atom. The molecule has 82 valence electrons. The maximum absolute atomic E-state index is 11.1. The van der Waals surface area contributed by atoms with Gasteiger partial charge in [0.1, 0.15) is 6.04 Å². The van der Waals surface area contributed by atoms with E-state index in [1.807, 2.05) is 0 Å². The van der Waals surface area contributed by atoms with Crippen molar-refractivity contribution >= 4 is 15.8 Å². The van der Waals surface area contributed by atoms with Crippen LogP contribution < -0.4 is 5.32 Å². The number of carbonyl (C=O) groups excluding carboxylic acids is 1. The van der Waals surface area contributed by atoms with E-state index in [2.05, 4.69) is 10.1 Å². The van der Waals surface area contributed by atoms with Crippen LogP contribution >= 0.6 is 0 Å². The summed E-state index contributed by atoms with van der Waals surface area (Å²) < 4.78 is 26.7. The van der Waals surface area contributed by atoms with Crippen molar-refractivity contribution in [1.29, 1.82) is 0 Å². The number of ether oxygens (including phenoxy) is 1. The molecule has 1 heterocycles. The predicted octanol–water partition coefficient (Wildman–Crippen LogP) is -0.675. The van der Waals surface area contributed by atoms with Crippen LogP contribution in [0.3, 0.4) is 0 Å². The lowest BCUT2D eigenvalue weighted by molar-refractivity contribution is -0.142. The van der Waals surface area contributed by atoms with Crippen LogP contribution in [0.15, 0.2) is 0 Å². The number of nitrogens with one attached hydrogen (secondary N) is 1. The van der Waals surface area contributed by atoms with Gasteiger partial charge in [-0.05, 0) is 13.3 Å². The maximum atomic E-state index is 11.1. The van der Waals surface area contributed by atoms with Gasteiger partial charge in [0.05, 0.1) is 18.6 Å². The summed E-state index contributed by atoms with van der Waals surface area (Å²) in [6, 6.07) is -0.563. The number of sulfone groups is 1. The molecule has 0 saturated carbocycles. The third-order valence-electron chi connectivity index (χ3n) is 2.27. The number of esters is 1. The number of carbonyl (C=O) groups is 1. The number of rotatable bonds is 3. The van der Waals surface area contributed by atoms with Crippen LogP contribution in [-0.2, 0) is 19.4 Å². The summed E-state index contributed by atoms with van der Waals surface area (Å²) in [5.74, 6) is -0.0401. The molecule has 0 unspecified atom stereocenters. The molecule has 5 nitrogen and oxygen atoms in total. The number of hydrogen-bond acceptors (Lipinski definition) is 5. The fraction of sp³-hybridized carbons (Fsp3) is 0.875. The second-order valence-corrected chi connectivity index (χ2v) is 5.74. The minimum Gasteiger partial charge on any atom is -0.468 e. The van der Waals surface area contributed by atoms with Gasteiger partial charge in [-0.1, -0.05) is 0 Å². The molecule has 0 amide bonds. The van der Waals surface area contributed by atoms with E-state index in [1.54, 1.807) is 6.92 Å². The van der Waals surface area contributed by atoms with Gasteiger partial charge in [0.25, 0.3) is 0 Å². The summed E-state index contributed by atoms with van der Waals surface area (Å²) in [4.78, 5) is 11.0. The summed E-state index contributed by atoms with van der Waals surface area (Å²) in [6.07, 6.45) is 0.573. The largest absolute Gasteiger partial charge is 0.468 e. The highest BCUT2D eigenvalue weighted by Crippen LogP contribution is 2.11. The SMILES string of the molecule is COC(=O)[C@H](C)N[C@@H]1CCS(=O)(=O)C1. The van der Waals surface area contributed by atoms with Crippen molar-refractivity contribution in [3.8, 4) is 0 Å². The van der Waals surface area contributed by atoms with Gasteiger partial charge in [0.15, 0.2) is 9.84 Å². The van der Waals surface area contributed by atoms with Crippen LogP contribution in [0.5, 0.6) is 0 Å². The molecule has 0 bridgehead atoms. The zero-order valence-corrected chi connectivity index (χ0v) is 9.13. The molecule has 6 heteroatoms. The average Bonchev–Trinajstić information content (AvgIpc) is 2.44. The Bertz CT molecular complexity index is 311. The first kappa shape index (κ1) is 11.5.